The van der Waals surface area contributed by atoms with E-state index in [-0.39, 0.29) is 18.9 Å². The highest BCUT2D eigenvalue weighted by atomic mass is 32.2. The molecule has 0 saturated carbocycles. The van der Waals surface area contributed by atoms with E-state index in [2.05, 4.69) is 11.4 Å². The number of anilines is 1. The van der Waals surface area contributed by atoms with Gasteiger partial charge in [-0.2, -0.15) is 0 Å². The second-order valence-electron chi connectivity index (χ2n) is 6.86. The molecule has 0 aromatic heterocycles. The molecule has 0 unspecified atom stereocenters. The molecule has 0 fully saturated rings. The number of rotatable bonds is 10. The number of hydrogen-bond donors (Lipinski definition) is 1. The molecule has 8 heteroatoms. The zero-order valence-corrected chi connectivity index (χ0v) is 17.7. The second-order valence-corrected chi connectivity index (χ2v) is 8.77. The molecule has 28 heavy (non-hydrogen) atoms. The summed E-state index contributed by atoms with van der Waals surface area (Å²) in [7, 11) is -0.515. The first-order valence-corrected chi connectivity index (χ1v) is 11.3. The van der Waals surface area contributed by atoms with E-state index in [1.807, 2.05) is 0 Å². The Morgan fingerprint density at radius 1 is 1.21 bits per heavy atom. The largest absolute Gasteiger partial charge is 0.497 e. The summed E-state index contributed by atoms with van der Waals surface area (Å²) in [5, 5.41) is 2.93. The monoisotopic (exact) mass is 410 g/mol. The normalized spacial score (nSPS) is 14.2. The summed E-state index contributed by atoms with van der Waals surface area (Å²) < 4.78 is 36.3. The second kappa shape index (κ2) is 10.4. The molecule has 0 spiro atoms. The Labute approximate surface area is 167 Å². The zero-order chi connectivity index (χ0) is 20.6. The van der Waals surface area contributed by atoms with E-state index in [1.165, 1.54) is 36.9 Å². The van der Waals surface area contributed by atoms with Gasteiger partial charge in [-0.25, -0.2) is 8.42 Å². The molecule has 7 nitrogen and oxygen atoms in total. The van der Waals surface area contributed by atoms with Crippen molar-refractivity contribution in [3.8, 4) is 11.5 Å². The lowest BCUT2D eigenvalue weighted by molar-refractivity contribution is -0.120. The van der Waals surface area contributed by atoms with E-state index in [9.17, 15) is 13.2 Å². The molecule has 0 bridgehead atoms. The number of ether oxygens (including phenoxy) is 2. The standard InChI is InChI=1S/C20H30N2O5S/c1-26-17-11-12-18(19(14-17)27-2)22(28(3,24)25)13-7-10-20(23)21-15-16-8-5-4-6-9-16/h8,11-12,14H,4-7,9-10,13,15H2,1-3H3,(H,21,23). The van der Waals surface area contributed by atoms with Crippen LogP contribution in [0, 0.1) is 0 Å². The molecule has 1 aliphatic carbocycles. The summed E-state index contributed by atoms with van der Waals surface area (Å²) in [5.41, 5.74) is 1.71. The number of benzene rings is 1. The van der Waals surface area contributed by atoms with Crippen LogP contribution in [0.15, 0.2) is 29.8 Å². The average Bonchev–Trinajstić information content (AvgIpc) is 2.69. The first-order valence-electron chi connectivity index (χ1n) is 9.49. The third kappa shape index (κ3) is 6.44. The molecule has 0 radical (unpaired) electrons. The van der Waals surface area contributed by atoms with Gasteiger partial charge in [0.05, 0.1) is 26.2 Å². The van der Waals surface area contributed by atoms with Gasteiger partial charge in [0.25, 0.3) is 0 Å². The van der Waals surface area contributed by atoms with Crippen LogP contribution in [0.1, 0.15) is 38.5 Å². The SMILES string of the molecule is COc1ccc(N(CCCC(=O)NCC2=CCCCC2)S(C)(=O)=O)c(OC)c1. The predicted octanol–water partition coefficient (Wildman–Crippen LogP) is 2.87. The smallest absolute Gasteiger partial charge is 0.232 e. The van der Waals surface area contributed by atoms with E-state index in [0.717, 1.165) is 19.1 Å². The third-order valence-corrected chi connectivity index (χ3v) is 5.90. The van der Waals surface area contributed by atoms with Crippen molar-refractivity contribution in [1.29, 1.82) is 0 Å². The van der Waals surface area contributed by atoms with Crippen molar-refractivity contribution in [2.24, 2.45) is 0 Å². The minimum atomic E-state index is -3.53. The number of sulfonamides is 1. The van der Waals surface area contributed by atoms with Crippen LogP contribution < -0.4 is 19.1 Å². The third-order valence-electron chi connectivity index (χ3n) is 4.72. The maximum Gasteiger partial charge on any atom is 0.232 e. The molecule has 1 aliphatic rings. The quantitative estimate of drug-likeness (QED) is 0.600. The van der Waals surface area contributed by atoms with E-state index in [4.69, 9.17) is 9.47 Å². The minimum absolute atomic E-state index is 0.0679. The summed E-state index contributed by atoms with van der Waals surface area (Å²) in [6.45, 7) is 0.776. The van der Waals surface area contributed by atoms with Crippen LogP contribution in [0.4, 0.5) is 5.69 Å². The van der Waals surface area contributed by atoms with Crippen LogP contribution in [0.25, 0.3) is 0 Å². The van der Waals surface area contributed by atoms with Crippen LogP contribution in [0.2, 0.25) is 0 Å². The lowest BCUT2D eigenvalue weighted by Gasteiger charge is -2.24. The molecular formula is C20H30N2O5S. The van der Waals surface area contributed by atoms with Crippen molar-refractivity contribution in [2.75, 3.05) is 37.9 Å². The number of nitrogens with zero attached hydrogens (tertiary/aromatic N) is 1. The van der Waals surface area contributed by atoms with Crippen molar-refractivity contribution >= 4 is 21.6 Å². The van der Waals surface area contributed by atoms with Crippen molar-refractivity contribution in [2.45, 2.75) is 38.5 Å². The molecule has 2 rings (SSSR count). The van der Waals surface area contributed by atoms with Crippen LogP contribution >= 0.6 is 0 Å². The van der Waals surface area contributed by atoms with Crippen molar-refractivity contribution in [3.05, 3.63) is 29.8 Å². The molecule has 1 N–H and O–H groups in total. The number of carbonyl (C=O) groups excluding carboxylic acids is 1. The Bertz CT molecular complexity index is 805. The highest BCUT2D eigenvalue weighted by Gasteiger charge is 2.21. The van der Waals surface area contributed by atoms with Gasteiger partial charge in [0.15, 0.2) is 0 Å². The van der Waals surface area contributed by atoms with E-state index < -0.39 is 10.0 Å². The molecule has 1 aromatic carbocycles. The fourth-order valence-corrected chi connectivity index (χ4v) is 4.17. The van der Waals surface area contributed by atoms with E-state index >= 15 is 0 Å². The molecule has 0 aliphatic heterocycles. The van der Waals surface area contributed by atoms with Gasteiger partial charge in [-0.1, -0.05) is 11.6 Å². The summed E-state index contributed by atoms with van der Waals surface area (Å²) >= 11 is 0. The fourth-order valence-electron chi connectivity index (χ4n) is 3.20. The molecule has 0 atom stereocenters. The number of carbonyl (C=O) groups is 1. The highest BCUT2D eigenvalue weighted by molar-refractivity contribution is 7.92. The predicted molar refractivity (Wildman–Crippen MR) is 111 cm³/mol. The summed E-state index contributed by atoms with van der Waals surface area (Å²) in [6, 6.07) is 4.97. The molecule has 1 amide bonds. The van der Waals surface area contributed by atoms with E-state index in [1.54, 1.807) is 18.2 Å². The lowest BCUT2D eigenvalue weighted by atomic mass is 10.00. The Hall–Kier alpha value is -2.22. The van der Waals surface area contributed by atoms with Gasteiger partial charge < -0.3 is 14.8 Å². The summed E-state index contributed by atoms with van der Waals surface area (Å²) in [4.78, 5) is 12.1. The molecule has 0 saturated heterocycles. The van der Waals surface area contributed by atoms with Gasteiger partial charge in [-0.3, -0.25) is 9.10 Å². The zero-order valence-electron chi connectivity index (χ0n) is 16.9. The van der Waals surface area contributed by atoms with Crippen LogP contribution in [-0.2, 0) is 14.8 Å². The number of allylic oxidation sites excluding steroid dienone is 1. The lowest BCUT2D eigenvalue weighted by Crippen LogP contribution is -2.32. The first-order chi connectivity index (χ1) is 13.3. The number of hydrogen-bond acceptors (Lipinski definition) is 5. The van der Waals surface area contributed by atoms with Gasteiger partial charge in [-0.05, 0) is 44.2 Å². The maximum atomic E-state index is 12.3. The Kier molecular flexibility index (Phi) is 8.17. The molecular weight excluding hydrogens is 380 g/mol. The molecule has 156 valence electrons. The Balaban J connectivity index is 1.96. The topological polar surface area (TPSA) is 84.9 Å². The van der Waals surface area contributed by atoms with Crippen LogP contribution in [-0.4, -0.2) is 47.9 Å². The molecule has 1 aromatic rings. The van der Waals surface area contributed by atoms with Crippen LogP contribution in [0.3, 0.4) is 0 Å². The van der Waals surface area contributed by atoms with Gasteiger partial charge in [0.2, 0.25) is 15.9 Å². The first kappa shape index (κ1) is 22.1. The minimum Gasteiger partial charge on any atom is -0.497 e. The molecule has 0 heterocycles. The van der Waals surface area contributed by atoms with Gasteiger partial charge in [0.1, 0.15) is 11.5 Å². The van der Waals surface area contributed by atoms with E-state index in [0.29, 0.717) is 30.2 Å². The Morgan fingerprint density at radius 2 is 2.00 bits per heavy atom. The average molecular weight is 411 g/mol. The summed E-state index contributed by atoms with van der Waals surface area (Å²) in [5.74, 6) is 0.908. The maximum absolute atomic E-state index is 12.3. The van der Waals surface area contributed by atoms with Gasteiger partial charge in [0, 0.05) is 25.6 Å². The number of methoxy groups -OCH3 is 2. The van der Waals surface area contributed by atoms with Crippen molar-refractivity contribution in [3.63, 3.8) is 0 Å². The van der Waals surface area contributed by atoms with Gasteiger partial charge in [-0.15, -0.1) is 0 Å². The highest BCUT2D eigenvalue weighted by Crippen LogP contribution is 2.33. The van der Waals surface area contributed by atoms with Crippen molar-refractivity contribution < 1.29 is 22.7 Å². The number of nitrogens with one attached hydrogen (secondary N) is 1. The Morgan fingerprint density at radius 3 is 2.61 bits per heavy atom. The van der Waals surface area contributed by atoms with Crippen molar-refractivity contribution in [1.82, 2.24) is 5.32 Å². The fraction of sp³-hybridized carbons (Fsp3) is 0.550. The van der Waals surface area contributed by atoms with Crippen LogP contribution in [0.5, 0.6) is 11.5 Å². The number of amides is 1. The van der Waals surface area contributed by atoms with Gasteiger partial charge >= 0.3 is 0 Å². The summed E-state index contributed by atoms with van der Waals surface area (Å²) in [6.07, 6.45) is 8.53.